The van der Waals surface area contributed by atoms with Gasteiger partial charge in [-0.05, 0) is 133 Å². The van der Waals surface area contributed by atoms with Crippen molar-refractivity contribution in [3.8, 4) is 93.0 Å². The van der Waals surface area contributed by atoms with Crippen LogP contribution in [0.2, 0.25) is 0 Å². The number of hydrogen-bond donors (Lipinski definition) is 1. The van der Waals surface area contributed by atoms with Gasteiger partial charge in [-0.25, -0.2) is 39.9 Å². The SMILES string of the molecule is CCCC1c2cc3c4c(C)c2Oc2nc5ccccc5nc2Oc2c1cc1c(c2C)Oc2nc5ccccc5nc2Oc2c(cc5c(c2C)Oc2nc6ccccc6nc2Oc2c(cc(c(c2C)Oc2nc6ccccc6nc2O4)C3CCC)C5CCCO)C1CCC. The molecule has 1 N–H and O–H groups in total. The maximum Gasteiger partial charge on any atom is 0.284 e. The van der Waals surface area contributed by atoms with Crippen molar-refractivity contribution in [2.24, 2.45) is 0 Å². The van der Waals surface area contributed by atoms with Gasteiger partial charge in [-0.1, -0.05) is 88.6 Å². The van der Waals surface area contributed by atoms with E-state index in [9.17, 15) is 5.11 Å². The molecule has 8 aromatic carbocycles. The molecule has 0 amide bonds. The topological polar surface area (TPSA) is 197 Å². The smallest absolute Gasteiger partial charge is 0.284 e. The number of aliphatic hydroxyl groups is 1. The molecule has 4 aliphatic heterocycles. The van der Waals surface area contributed by atoms with Crippen molar-refractivity contribution in [3.05, 3.63) is 188 Å². The lowest BCUT2D eigenvalue weighted by atomic mass is 9.75. The normalized spacial score (nSPS) is 16.8. The Kier molecular flexibility index (Phi) is 13.4. The molecule has 4 aromatic heterocycles. The van der Waals surface area contributed by atoms with Crippen LogP contribution in [0.4, 0.5) is 0 Å². The summed E-state index contributed by atoms with van der Waals surface area (Å²) in [5, 5.41) is 11.1. The molecule has 17 heteroatoms. The van der Waals surface area contributed by atoms with Gasteiger partial charge in [-0.3, -0.25) is 0 Å². The average molecular weight is 1230 g/mol. The summed E-state index contributed by atoms with van der Waals surface area (Å²) in [6.45, 7) is 14.7. The van der Waals surface area contributed by atoms with E-state index in [0.717, 1.165) is 63.8 Å². The lowest BCUT2D eigenvalue weighted by Crippen LogP contribution is -2.15. The predicted molar refractivity (Wildman–Crippen MR) is 352 cm³/mol. The van der Waals surface area contributed by atoms with Gasteiger partial charge in [0.15, 0.2) is 0 Å². The average Bonchev–Trinajstić information content (AvgIpc) is 1.68. The van der Waals surface area contributed by atoms with Crippen LogP contribution in [0.5, 0.6) is 93.0 Å². The van der Waals surface area contributed by atoms with Gasteiger partial charge in [-0.15, -0.1) is 0 Å². The molecule has 0 radical (unpaired) electrons. The molecular formula is C76H64N8O9. The Morgan fingerprint density at radius 1 is 0.280 bits per heavy atom. The highest BCUT2D eigenvalue weighted by molar-refractivity contribution is 5.81. The van der Waals surface area contributed by atoms with E-state index in [2.05, 4.69) is 58.9 Å². The van der Waals surface area contributed by atoms with E-state index in [1.807, 2.05) is 111 Å². The summed E-state index contributed by atoms with van der Waals surface area (Å²) in [6.07, 6.45) is 5.14. The maximum absolute atomic E-state index is 11.1. The third kappa shape index (κ3) is 9.05. The second-order valence-electron chi connectivity index (χ2n) is 24.9. The van der Waals surface area contributed by atoms with Gasteiger partial charge in [0.25, 0.3) is 47.0 Å². The molecule has 0 saturated heterocycles. The number of nitrogens with zero attached hydrogens (tertiary/aromatic N) is 8. The first kappa shape index (κ1) is 56.5. The van der Waals surface area contributed by atoms with Crippen molar-refractivity contribution in [2.75, 3.05) is 6.61 Å². The minimum absolute atomic E-state index is 0.0837. The highest BCUT2D eigenvalue weighted by atomic mass is 16.6. The molecular weight excluding hydrogens is 1170 g/mol. The van der Waals surface area contributed by atoms with Crippen LogP contribution in [0.25, 0.3) is 44.1 Å². The first-order valence-electron chi connectivity index (χ1n) is 32.3. The van der Waals surface area contributed by atoms with Crippen molar-refractivity contribution >= 4 is 44.1 Å². The van der Waals surface area contributed by atoms with Crippen molar-refractivity contribution in [3.63, 3.8) is 0 Å². The van der Waals surface area contributed by atoms with E-state index in [0.29, 0.717) is 144 Å². The van der Waals surface area contributed by atoms with Crippen LogP contribution in [0.1, 0.15) is 163 Å². The zero-order valence-electron chi connectivity index (χ0n) is 52.5. The van der Waals surface area contributed by atoms with Gasteiger partial charge in [0.05, 0.1) is 44.1 Å². The molecule has 8 bridgehead atoms. The van der Waals surface area contributed by atoms with Crippen LogP contribution >= 0.6 is 0 Å². The Balaban J connectivity index is 1.09. The summed E-state index contributed by atoms with van der Waals surface area (Å²) < 4.78 is 59.7. The van der Waals surface area contributed by atoms with E-state index in [4.69, 9.17) is 77.8 Å². The molecule has 17 nitrogen and oxygen atoms in total. The molecule has 2 unspecified atom stereocenters. The van der Waals surface area contributed by atoms with Gasteiger partial charge in [0, 0.05) is 97.0 Å². The van der Waals surface area contributed by atoms with Gasteiger partial charge >= 0.3 is 0 Å². The van der Waals surface area contributed by atoms with Gasteiger partial charge in [-0.2, -0.15) is 0 Å². The number of aromatic nitrogens is 8. The van der Waals surface area contributed by atoms with Crippen LogP contribution in [-0.4, -0.2) is 51.6 Å². The number of fused-ring (bicyclic) bond motifs is 8. The Bertz CT molecular complexity index is 4840. The summed E-state index contributed by atoms with van der Waals surface area (Å²) in [6, 6.07) is 39.9. The van der Waals surface area contributed by atoms with Crippen molar-refractivity contribution in [1.29, 1.82) is 0 Å². The fraction of sp³-hybridized carbons (Fsp3) is 0.263. The van der Waals surface area contributed by atoms with Crippen LogP contribution in [0.3, 0.4) is 0 Å². The maximum atomic E-state index is 11.1. The summed E-state index contributed by atoms with van der Waals surface area (Å²) in [5.41, 5.74) is 14.6. The highest BCUT2D eigenvalue weighted by Crippen LogP contribution is 2.61. The number of rotatable bonds is 9. The number of hydrogen-bond acceptors (Lipinski definition) is 17. The van der Waals surface area contributed by atoms with Crippen molar-refractivity contribution < 1.29 is 43.0 Å². The van der Waals surface area contributed by atoms with Gasteiger partial charge in [0.1, 0.15) is 46.0 Å². The number of ether oxygens (including phenoxy) is 8. The predicted octanol–water partition coefficient (Wildman–Crippen LogP) is 19.3. The van der Waals surface area contributed by atoms with Crippen LogP contribution in [-0.2, 0) is 0 Å². The summed E-state index contributed by atoms with van der Waals surface area (Å²) in [7, 11) is 0. The zero-order valence-corrected chi connectivity index (χ0v) is 52.5. The second-order valence-corrected chi connectivity index (χ2v) is 24.9. The minimum Gasteiger partial charge on any atom is -0.434 e. The van der Waals surface area contributed by atoms with Crippen LogP contribution in [0.15, 0.2) is 121 Å². The molecule has 0 saturated carbocycles. The third-order valence-corrected chi connectivity index (χ3v) is 19.1. The Morgan fingerprint density at radius 2 is 0.452 bits per heavy atom. The Hall–Kier alpha value is -10.5. The first-order chi connectivity index (χ1) is 45.5. The summed E-state index contributed by atoms with van der Waals surface area (Å²) >= 11 is 0. The second kappa shape index (κ2) is 22.1. The fourth-order valence-corrected chi connectivity index (χ4v) is 14.7. The van der Waals surface area contributed by atoms with Crippen molar-refractivity contribution in [1.82, 2.24) is 39.9 Å². The van der Waals surface area contributed by atoms with Gasteiger partial charge < -0.3 is 43.0 Å². The fourth-order valence-electron chi connectivity index (χ4n) is 14.7. The van der Waals surface area contributed by atoms with E-state index in [1.165, 1.54) is 0 Å². The zero-order chi connectivity index (χ0) is 62.9. The highest BCUT2D eigenvalue weighted by Gasteiger charge is 2.42. The molecule has 8 heterocycles. The number of para-hydroxylation sites is 8. The number of aliphatic hydroxyl groups excluding tert-OH is 1. The van der Waals surface area contributed by atoms with E-state index in [-0.39, 0.29) is 59.6 Å². The standard InChI is InChI=1S/C76H64N8O9/c1-8-20-41-45-33-47-42(21-9-2)49-35-51-44(23-19-32-85)52-36-50-43(22-10-3)48-34-46(41)62-38(5)64(48)89-72-74(82-58-29-16-14-27-56(58)80-72)91-66(50)40(7)68(52)93-76-75(83-59-30-17-18-31-60(59)84-76)92-67(51)39(6)65(49)90-73-71(79-55-26-13-15-28-57(55)81-73)88-63(47)37(4)61(45)86-69-70(87-62)78-54-25-12-11-24-53(54)77-69/h11-18,24-31,33-36,41-44,85H,8-10,19-23,32H2,1-7H3. The molecule has 1 aliphatic carbocycles. The quantitative estimate of drug-likeness (QED) is 0.143. The molecule has 462 valence electrons. The molecule has 2 atom stereocenters. The van der Waals surface area contributed by atoms with Crippen LogP contribution in [0, 0.1) is 27.7 Å². The summed E-state index contributed by atoms with van der Waals surface area (Å²) in [4.78, 5) is 41.9. The van der Waals surface area contributed by atoms with E-state index in [1.54, 1.807) is 0 Å². The van der Waals surface area contributed by atoms with Gasteiger partial charge in [0.2, 0.25) is 0 Å². The molecule has 93 heavy (non-hydrogen) atoms. The summed E-state index contributed by atoms with van der Waals surface area (Å²) in [5.74, 6) is 3.68. The van der Waals surface area contributed by atoms with E-state index < -0.39 is 17.8 Å². The monoisotopic (exact) mass is 1230 g/mol. The van der Waals surface area contributed by atoms with Crippen LogP contribution < -0.4 is 37.9 Å². The van der Waals surface area contributed by atoms with Crippen molar-refractivity contribution in [2.45, 2.75) is 124 Å². The molecule has 0 fully saturated rings. The molecule has 0 spiro atoms. The Labute approximate surface area is 535 Å². The first-order valence-corrected chi connectivity index (χ1v) is 32.3. The molecule has 12 aromatic rings. The van der Waals surface area contributed by atoms with E-state index >= 15 is 0 Å². The largest absolute Gasteiger partial charge is 0.434 e. The lowest BCUT2D eigenvalue weighted by Gasteiger charge is -2.32. The lowest BCUT2D eigenvalue weighted by molar-refractivity contribution is 0.281. The Morgan fingerprint density at radius 3 is 0.613 bits per heavy atom. The number of benzene rings is 8. The molecule has 17 rings (SSSR count). The third-order valence-electron chi connectivity index (χ3n) is 19.1. The minimum atomic E-state index is -0.520. The molecule has 5 aliphatic rings.